The molecule has 7 heteroatoms. The number of nitrogens with one attached hydrogen (secondary N) is 1. The van der Waals surface area contributed by atoms with Gasteiger partial charge in [0.15, 0.2) is 0 Å². The summed E-state index contributed by atoms with van der Waals surface area (Å²) in [6.07, 6.45) is 1.53. The number of thiophene rings is 1. The highest BCUT2D eigenvalue weighted by Crippen LogP contribution is 2.28. The summed E-state index contributed by atoms with van der Waals surface area (Å²) in [5.74, 6) is -0.157. The van der Waals surface area contributed by atoms with Crippen LogP contribution in [0.3, 0.4) is 0 Å². The Balaban J connectivity index is 1.69. The Morgan fingerprint density at radius 3 is 2.66 bits per heavy atom. The Morgan fingerprint density at radius 1 is 1.17 bits per heavy atom. The predicted molar refractivity (Wildman–Crippen MR) is 115 cm³/mol. The van der Waals surface area contributed by atoms with Crippen molar-refractivity contribution in [2.24, 2.45) is 0 Å². The first kappa shape index (κ1) is 18.9. The lowest BCUT2D eigenvalue weighted by Crippen LogP contribution is -2.21. The molecule has 0 aliphatic carbocycles. The average molecular weight is 405 g/mol. The smallest absolute Gasteiger partial charge is 0.266 e. The summed E-state index contributed by atoms with van der Waals surface area (Å²) in [6, 6.07) is 14.4. The van der Waals surface area contributed by atoms with E-state index in [1.165, 1.54) is 23.7 Å². The van der Waals surface area contributed by atoms with Crippen molar-refractivity contribution in [3.8, 4) is 5.75 Å². The molecule has 1 amide bonds. The van der Waals surface area contributed by atoms with E-state index >= 15 is 0 Å². The molecule has 29 heavy (non-hydrogen) atoms. The number of aromatic nitrogens is 2. The van der Waals surface area contributed by atoms with Gasteiger partial charge in [-0.15, -0.1) is 11.3 Å². The predicted octanol–water partition coefficient (Wildman–Crippen LogP) is 4.08. The molecule has 4 aromatic rings. The van der Waals surface area contributed by atoms with Crippen LogP contribution in [0.25, 0.3) is 10.2 Å². The number of phenols is 1. The van der Waals surface area contributed by atoms with Crippen molar-refractivity contribution >= 4 is 33.1 Å². The quantitative estimate of drug-likeness (QED) is 0.501. The maximum absolute atomic E-state index is 13.0. The van der Waals surface area contributed by atoms with Crippen LogP contribution in [0, 0.1) is 13.8 Å². The van der Waals surface area contributed by atoms with Gasteiger partial charge in [-0.05, 0) is 48.7 Å². The maximum Gasteiger partial charge on any atom is 0.266 e. The number of aryl methyl sites for hydroxylation is 2. The third-order valence-corrected chi connectivity index (χ3v) is 5.98. The van der Waals surface area contributed by atoms with Gasteiger partial charge in [-0.25, -0.2) is 4.98 Å². The van der Waals surface area contributed by atoms with Gasteiger partial charge < -0.3 is 10.4 Å². The minimum absolute atomic E-state index is 0.140. The van der Waals surface area contributed by atoms with E-state index in [0.717, 1.165) is 11.1 Å². The molecule has 0 unspecified atom stereocenters. The molecule has 2 N–H and O–H groups in total. The van der Waals surface area contributed by atoms with Crippen LogP contribution >= 0.6 is 11.3 Å². The summed E-state index contributed by atoms with van der Waals surface area (Å²) in [4.78, 5) is 31.2. The third kappa shape index (κ3) is 3.64. The van der Waals surface area contributed by atoms with Crippen LogP contribution in [0.2, 0.25) is 0 Å². The molecule has 2 aromatic heterocycles. The van der Waals surface area contributed by atoms with Crippen molar-refractivity contribution in [3.63, 3.8) is 0 Å². The van der Waals surface area contributed by atoms with Crippen LogP contribution in [-0.2, 0) is 6.54 Å². The van der Waals surface area contributed by atoms with Crippen LogP contribution in [0.15, 0.2) is 59.7 Å². The number of fused-ring (bicyclic) bond motifs is 1. The van der Waals surface area contributed by atoms with Crippen molar-refractivity contribution in [2.75, 3.05) is 5.32 Å². The van der Waals surface area contributed by atoms with E-state index in [-0.39, 0.29) is 17.2 Å². The van der Waals surface area contributed by atoms with Crippen molar-refractivity contribution in [1.82, 2.24) is 9.55 Å². The Bertz CT molecular complexity index is 1280. The van der Waals surface area contributed by atoms with Gasteiger partial charge in [0.2, 0.25) is 0 Å². The molecular weight excluding hydrogens is 386 g/mol. The molecule has 2 heterocycles. The Morgan fingerprint density at radius 2 is 1.93 bits per heavy atom. The lowest BCUT2D eigenvalue weighted by atomic mass is 10.1. The van der Waals surface area contributed by atoms with E-state index in [9.17, 15) is 14.7 Å². The fourth-order valence-electron chi connectivity index (χ4n) is 3.24. The van der Waals surface area contributed by atoms with E-state index in [0.29, 0.717) is 32.9 Å². The van der Waals surface area contributed by atoms with Crippen LogP contribution in [0.1, 0.15) is 26.4 Å². The molecule has 0 saturated heterocycles. The normalized spacial score (nSPS) is 11.0. The molecule has 0 atom stereocenters. The van der Waals surface area contributed by atoms with E-state index in [1.807, 2.05) is 30.3 Å². The number of phenolic OH excluding ortho intramolecular Hbond substituents is 1. The zero-order chi connectivity index (χ0) is 20.5. The molecule has 2 aromatic carbocycles. The molecule has 0 aliphatic heterocycles. The average Bonchev–Trinajstić information content (AvgIpc) is 3.04. The second kappa shape index (κ2) is 7.52. The second-order valence-electron chi connectivity index (χ2n) is 6.85. The number of nitrogens with zero attached hydrogens (tertiary/aromatic N) is 2. The van der Waals surface area contributed by atoms with Gasteiger partial charge in [-0.2, -0.15) is 0 Å². The zero-order valence-corrected chi connectivity index (χ0v) is 16.8. The number of benzene rings is 2. The molecule has 4 rings (SSSR count). The number of carbonyl (C=O) groups excluding carboxylic acids is 1. The molecule has 0 radical (unpaired) electrons. The summed E-state index contributed by atoms with van der Waals surface area (Å²) in [6.45, 7) is 4.00. The Kier molecular flexibility index (Phi) is 4.90. The lowest BCUT2D eigenvalue weighted by molar-refractivity contribution is 0.103. The Labute approximate surface area is 171 Å². The highest BCUT2D eigenvalue weighted by molar-refractivity contribution is 7.20. The minimum atomic E-state index is -0.298. The van der Waals surface area contributed by atoms with E-state index in [4.69, 9.17) is 0 Å². The summed E-state index contributed by atoms with van der Waals surface area (Å²) in [7, 11) is 0. The van der Waals surface area contributed by atoms with Gasteiger partial charge in [0, 0.05) is 5.69 Å². The number of hydrogen-bond donors (Lipinski definition) is 2. The Hall–Kier alpha value is -3.45. The van der Waals surface area contributed by atoms with Crippen LogP contribution in [-0.4, -0.2) is 20.6 Å². The maximum atomic E-state index is 13.0. The minimum Gasteiger partial charge on any atom is -0.508 e. The van der Waals surface area contributed by atoms with Crippen molar-refractivity contribution in [2.45, 2.75) is 20.4 Å². The van der Waals surface area contributed by atoms with Gasteiger partial charge in [-0.1, -0.05) is 30.3 Å². The van der Waals surface area contributed by atoms with E-state index in [1.54, 1.807) is 30.5 Å². The second-order valence-corrected chi connectivity index (χ2v) is 7.85. The number of anilines is 1. The van der Waals surface area contributed by atoms with Gasteiger partial charge in [0.1, 0.15) is 10.6 Å². The summed E-state index contributed by atoms with van der Waals surface area (Å²) in [5.41, 5.74) is 2.83. The standard InChI is InChI=1S/C22H19N3O3S/c1-13-10-16(26)8-9-17(13)24-20(27)19-14(2)18-21(29-19)23-12-25(22(18)28)11-15-6-4-3-5-7-15/h3-10,12,26H,11H2,1-2H3,(H,24,27). The van der Waals surface area contributed by atoms with Crippen molar-refractivity contribution in [1.29, 1.82) is 0 Å². The molecule has 0 bridgehead atoms. The first-order valence-corrected chi connectivity index (χ1v) is 9.89. The first-order valence-electron chi connectivity index (χ1n) is 9.07. The zero-order valence-electron chi connectivity index (χ0n) is 16.0. The molecule has 0 spiro atoms. The molecular formula is C22H19N3O3S. The fraction of sp³-hybridized carbons (Fsp3) is 0.136. The van der Waals surface area contributed by atoms with Gasteiger partial charge >= 0.3 is 0 Å². The number of hydrogen-bond acceptors (Lipinski definition) is 5. The summed E-state index contributed by atoms with van der Waals surface area (Å²) < 4.78 is 1.56. The van der Waals surface area contributed by atoms with E-state index < -0.39 is 0 Å². The van der Waals surface area contributed by atoms with Gasteiger partial charge in [0.05, 0.1) is 23.1 Å². The monoisotopic (exact) mass is 405 g/mol. The molecule has 0 saturated carbocycles. The van der Waals surface area contributed by atoms with Gasteiger partial charge in [-0.3, -0.25) is 14.2 Å². The largest absolute Gasteiger partial charge is 0.508 e. The van der Waals surface area contributed by atoms with Crippen molar-refractivity contribution in [3.05, 3.63) is 86.8 Å². The molecule has 6 nitrogen and oxygen atoms in total. The number of carbonyl (C=O) groups is 1. The molecule has 0 aliphatic rings. The fourth-order valence-corrected chi connectivity index (χ4v) is 4.27. The third-order valence-electron chi connectivity index (χ3n) is 4.78. The molecule has 0 fully saturated rings. The van der Waals surface area contributed by atoms with Crippen LogP contribution < -0.4 is 10.9 Å². The van der Waals surface area contributed by atoms with Crippen molar-refractivity contribution < 1.29 is 9.90 Å². The highest BCUT2D eigenvalue weighted by Gasteiger charge is 2.20. The van der Waals surface area contributed by atoms with Crippen LogP contribution in [0.4, 0.5) is 5.69 Å². The summed E-state index contributed by atoms with van der Waals surface area (Å²) in [5, 5.41) is 12.9. The number of amides is 1. The molecule has 146 valence electrons. The van der Waals surface area contributed by atoms with E-state index in [2.05, 4.69) is 10.3 Å². The van der Waals surface area contributed by atoms with Crippen LogP contribution in [0.5, 0.6) is 5.75 Å². The summed E-state index contributed by atoms with van der Waals surface area (Å²) >= 11 is 1.20. The lowest BCUT2D eigenvalue weighted by Gasteiger charge is -2.08. The van der Waals surface area contributed by atoms with Gasteiger partial charge in [0.25, 0.3) is 11.5 Å². The topological polar surface area (TPSA) is 84.2 Å². The number of rotatable bonds is 4. The first-order chi connectivity index (χ1) is 13.9. The highest BCUT2D eigenvalue weighted by atomic mass is 32.1. The number of aromatic hydroxyl groups is 1. The SMILES string of the molecule is Cc1cc(O)ccc1NC(=O)c1sc2ncn(Cc3ccccc3)c(=O)c2c1C.